The van der Waals surface area contributed by atoms with Crippen molar-refractivity contribution < 1.29 is 22.7 Å². The van der Waals surface area contributed by atoms with E-state index in [1.807, 2.05) is 48.5 Å². The van der Waals surface area contributed by atoms with Gasteiger partial charge in [0.2, 0.25) is 5.91 Å². The summed E-state index contributed by atoms with van der Waals surface area (Å²) >= 11 is 0. The summed E-state index contributed by atoms with van der Waals surface area (Å²) in [6.07, 6.45) is 0.548. The predicted octanol–water partition coefficient (Wildman–Crippen LogP) is 3.68. The molecule has 8 nitrogen and oxygen atoms in total. The number of nitrogens with one attached hydrogen (secondary N) is 1. The van der Waals surface area contributed by atoms with Crippen LogP contribution in [0.3, 0.4) is 0 Å². The average Bonchev–Trinajstić information content (AvgIpc) is 3.56. The lowest BCUT2D eigenvalue weighted by Gasteiger charge is -2.32. The fourth-order valence-corrected chi connectivity index (χ4v) is 7.65. The molecule has 1 N–H and O–H groups in total. The van der Waals surface area contributed by atoms with Gasteiger partial charge in [-0.15, -0.1) is 0 Å². The highest BCUT2D eigenvalue weighted by molar-refractivity contribution is 7.93. The molecule has 0 saturated heterocycles. The maximum atomic E-state index is 14.5. The SMILES string of the molecule is COCCNC(=O)[C@@H]1Cc2ccccc2N1C(=O)[C@@H]1Cc2ccccc2N1S(=O)(=O)c1cccc2ccccc12. The highest BCUT2D eigenvalue weighted by Crippen LogP contribution is 2.41. The summed E-state index contributed by atoms with van der Waals surface area (Å²) in [4.78, 5) is 29.4. The third kappa shape index (κ3) is 4.31. The van der Waals surface area contributed by atoms with Gasteiger partial charge in [-0.3, -0.25) is 18.8 Å². The van der Waals surface area contributed by atoms with E-state index in [9.17, 15) is 18.0 Å². The van der Waals surface area contributed by atoms with Crippen LogP contribution in [0, 0.1) is 0 Å². The van der Waals surface area contributed by atoms with Gasteiger partial charge in [0.15, 0.2) is 0 Å². The molecule has 2 atom stereocenters. The van der Waals surface area contributed by atoms with Crippen LogP contribution in [0.5, 0.6) is 0 Å². The van der Waals surface area contributed by atoms with Gasteiger partial charge in [0, 0.05) is 37.6 Å². The number of rotatable bonds is 7. The largest absolute Gasteiger partial charge is 0.383 e. The molecule has 0 unspecified atom stereocenters. The average molecular weight is 556 g/mol. The number of ether oxygens (including phenoxy) is 1. The molecule has 0 saturated carbocycles. The number of hydrogen-bond donors (Lipinski definition) is 1. The summed E-state index contributed by atoms with van der Waals surface area (Å²) in [6.45, 7) is 0.648. The van der Waals surface area contributed by atoms with Gasteiger partial charge in [0.25, 0.3) is 15.9 Å². The Hall–Kier alpha value is -4.21. The minimum Gasteiger partial charge on any atom is -0.383 e. The number of hydrogen-bond acceptors (Lipinski definition) is 5. The standard InChI is InChI=1S/C31H29N3O5S/c1-39-18-17-32-30(35)27-19-22-10-3-6-14-25(22)33(27)31(36)28-20-23-11-4-7-15-26(23)34(28)40(37,38)29-16-8-12-21-9-2-5-13-24(21)29/h2-16,27-28H,17-20H2,1H3,(H,32,35)/t27-,28-/m0/s1. The second kappa shape index (κ2) is 10.4. The van der Waals surface area contributed by atoms with E-state index in [1.54, 1.807) is 49.6 Å². The lowest BCUT2D eigenvalue weighted by Crippen LogP contribution is -2.55. The number of para-hydroxylation sites is 2. The molecule has 9 heteroatoms. The zero-order valence-electron chi connectivity index (χ0n) is 22.0. The van der Waals surface area contributed by atoms with Crippen LogP contribution in [0.4, 0.5) is 11.4 Å². The molecular weight excluding hydrogens is 526 g/mol. The third-order valence-corrected chi connectivity index (χ3v) is 9.50. The lowest BCUT2D eigenvalue weighted by atomic mass is 10.1. The summed E-state index contributed by atoms with van der Waals surface area (Å²) < 4.78 is 35.2. The molecule has 0 aliphatic carbocycles. The summed E-state index contributed by atoms with van der Waals surface area (Å²) in [7, 11) is -2.61. The summed E-state index contributed by atoms with van der Waals surface area (Å²) in [6, 6.07) is 25.2. The van der Waals surface area contributed by atoms with Crippen LogP contribution in [0.25, 0.3) is 10.8 Å². The number of nitrogens with zero attached hydrogens (tertiary/aromatic N) is 2. The topological polar surface area (TPSA) is 96.0 Å². The van der Waals surface area contributed by atoms with Crippen LogP contribution in [0.15, 0.2) is 95.9 Å². The Morgan fingerprint density at radius 2 is 1.45 bits per heavy atom. The molecule has 2 heterocycles. The zero-order valence-corrected chi connectivity index (χ0v) is 22.8. The van der Waals surface area contributed by atoms with Gasteiger partial charge in [-0.1, -0.05) is 72.8 Å². The summed E-state index contributed by atoms with van der Waals surface area (Å²) in [5.74, 6) is -0.738. The van der Waals surface area contributed by atoms with Gasteiger partial charge in [0.1, 0.15) is 12.1 Å². The van der Waals surface area contributed by atoms with Crippen LogP contribution < -0.4 is 14.5 Å². The molecule has 0 bridgehead atoms. The Morgan fingerprint density at radius 1 is 0.825 bits per heavy atom. The number of carbonyl (C=O) groups excluding carboxylic acids is 2. The van der Waals surface area contributed by atoms with Crippen LogP contribution in [0.1, 0.15) is 11.1 Å². The van der Waals surface area contributed by atoms with Crippen molar-refractivity contribution in [2.45, 2.75) is 29.8 Å². The van der Waals surface area contributed by atoms with Gasteiger partial charge < -0.3 is 10.1 Å². The molecule has 0 spiro atoms. The predicted molar refractivity (Wildman–Crippen MR) is 154 cm³/mol. The normalized spacial score (nSPS) is 18.0. The quantitative estimate of drug-likeness (QED) is 0.351. The molecular formula is C31H29N3O5S. The van der Waals surface area contributed by atoms with Gasteiger partial charge in [-0.25, -0.2) is 8.42 Å². The number of anilines is 2. The van der Waals surface area contributed by atoms with E-state index in [-0.39, 0.29) is 17.2 Å². The van der Waals surface area contributed by atoms with E-state index in [2.05, 4.69) is 5.32 Å². The van der Waals surface area contributed by atoms with Crippen LogP contribution in [-0.2, 0) is 37.2 Å². The first-order valence-corrected chi connectivity index (χ1v) is 14.6. The molecule has 2 amide bonds. The molecule has 2 aliphatic heterocycles. The molecule has 2 aliphatic rings. The Kier molecular flexibility index (Phi) is 6.77. The van der Waals surface area contributed by atoms with E-state index in [4.69, 9.17) is 4.74 Å². The molecule has 4 aromatic carbocycles. The molecule has 0 radical (unpaired) electrons. The van der Waals surface area contributed by atoms with Crippen LogP contribution in [0.2, 0.25) is 0 Å². The number of benzene rings is 4. The first-order valence-electron chi connectivity index (χ1n) is 13.2. The molecule has 4 aromatic rings. The maximum absolute atomic E-state index is 14.5. The van der Waals surface area contributed by atoms with Gasteiger partial charge in [-0.2, -0.15) is 0 Å². The van der Waals surface area contributed by atoms with Crippen molar-refractivity contribution >= 4 is 44.0 Å². The monoisotopic (exact) mass is 555 g/mol. The van der Waals surface area contributed by atoms with Crippen molar-refractivity contribution in [2.75, 3.05) is 29.5 Å². The summed E-state index contributed by atoms with van der Waals surface area (Å²) in [5.41, 5.74) is 2.72. The maximum Gasteiger partial charge on any atom is 0.265 e. The van der Waals surface area contributed by atoms with Crippen LogP contribution >= 0.6 is 0 Å². The summed E-state index contributed by atoms with van der Waals surface area (Å²) in [5, 5.41) is 4.23. The molecule has 0 fully saturated rings. The first kappa shape index (κ1) is 26.0. The second-order valence-electron chi connectivity index (χ2n) is 9.97. The number of fused-ring (bicyclic) bond motifs is 3. The van der Waals surface area contributed by atoms with Crippen molar-refractivity contribution in [2.24, 2.45) is 0 Å². The van der Waals surface area contributed by atoms with E-state index in [0.717, 1.165) is 16.5 Å². The Bertz CT molecular complexity index is 1720. The highest BCUT2D eigenvalue weighted by Gasteiger charge is 2.48. The van der Waals surface area contributed by atoms with Gasteiger partial charge in [0.05, 0.1) is 17.2 Å². The van der Waals surface area contributed by atoms with Crippen molar-refractivity contribution in [1.82, 2.24) is 5.32 Å². The van der Waals surface area contributed by atoms with Gasteiger partial charge >= 0.3 is 0 Å². The number of carbonyl (C=O) groups is 2. The Morgan fingerprint density at radius 3 is 2.23 bits per heavy atom. The van der Waals surface area contributed by atoms with Crippen LogP contribution in [-0.4, -0.2) is 52.6 Å². The fourth-order valence-electron chi connectivity index (χ4n) is 5.79. The van der Waals surface area contributed by atoms with Crippen molar-refractivity contribution in [3.05, 3.63) is 102 Å². The Balaban J connectivity index is 1.44. The van der Waals surface area contributed by atoms with Crippen molar-refractivity contribution in [3.63, 3.8) is 0 Å². The zero-order chi connectivity index (χ0) is 27.9. The van der Waals surface area contributed by atoms with E-state index < -0.39 is 28.0 Å². The van der Waals surface area contributed by atoms with E-state index >= 15 is 0 Å². The number of sulfonamides is 1. The lowest BCUT2D eigenvalue weighted by molar-refractivity contribution is -0.126. The minimum atomic E-state index is -4.17. The molecule has 204 valence electrons. The molecule has 6 rings (SSSR count). The second-order valence-corrected chi connectivity index (χ2v) is 11.8. The number of methoxy groups -OCH3 is 1. The smallest absolute Gasteiger partial charge is 0.265 e. The highest BCUT2D eigenvalue weighted by atomic mass is 32.2. The van der Waals surface area contributed by atoms with E-state index in [1.165, 1.54) is 9.21 Å². The molecule has 40 heavy (non-hydrogen) atoms. The van der Waals surface area contributed by atoms with E-state index in [0.29, 0.717) is 36.3 Å². The Labute approximate surface area is 233 Å². The first-order chi connectivity index (χ1) is 19.4. The van der Waals surface area contributed by atoms with Crippen molar-refractivity contribution in [3.8, 4) is 0 Å². The molecule has 0 aromatic heterocycles. The van der Waals surface area contributed by atoms with Gasteiger partial charge in [-0.05, 0) is 34.7 Å². The van der Waals surface area contributed by atoms with Crippen molar-refractivity contribution in [1.29, 1.82) is 0 Å². The minimum absolute atomic E-state index is 0.135. The fraction of sp³-hybridized carbons (Fsp3) is 0.226. The number of amides is 2. The third-order valence-electron chi connectivity index (χ3n) is 7.62.